The minimum atomic E-state index is -0.583. The van der Waals surface area contributed by atoms with Gasteiger partial charge < -0.3 is 24.7 Å². The van der Waals surface area contributed by atoms with Gasteiger partial charge in [0.05, 0.1) is 34.4 Å². The fourth-order valence-corrected chi connectivity index (χ4v) is 4.02. The molecule has 2 aromatic heterocycles. The van der Waals surface area contributed by atoms with Crippen LogP contribution in [0.1, 0.15) is 50.2 Å². The van der Waals surface area contributed by atoms with Crippen molar-refractivity contribution >= 4 is 47.2 Å². The van der Waals surface area contributed by atoms with Crippen LogP contribution in [-0.2, 0) is 9.47 Å². The summed E-state index contributed by atoms with van der Waals surface area (Å²) in [5, 5.41) is 3.44. The van der Waals surface area contributed by atoms with Crippen molar-refractivity contribution in [2.75, 3.05) is 31.7 Å². The molecule has 2 atom stereocenters. The number of methoxy groups -OCH3 is 1. The smallest absolute Gasteiger partial charge is 0.339 e. The lowest BCUT2D eigenvalue weighted by Crippen LogP contribution is -2.55. The summed E-state index contributed by atoms with van der Waals surface area (Å²) in [6, 6.07) is 1.26. The van der Waals surface area contributed by atoms with Crippen LogP contribution in [0.2, 0.25) is 10.0 Å². The standard InChI is InChI=1S/C21H24Cl2N4O5/c1-4-32-21(30)13-7-16(24-8-12(13)10-28)27-6-5-14(15(9-27)31-3)26-20(29)19-18(23)17(22)11(2)25-19/h7-8,10,14-15,25H,4-6,9H2,1-3H3,(H,26,29)/t14-,15+/m0/s1. The summed E-state index contributed by atoms with van der Waals surface area (Å²) in [6.07, 6.45) is 2.13. The van der Waals surface area contributed by atoms with Gasteiger partial charge in [0.2, 0.25) is 0 Å². The van der Waals surface area contributed by atoms with E-state index in [2.05, 4.69) is 15.3 Å². The van der Waals surface area contributed by atoms with Crippen molar-refractivity contribution in [1.29, 1.82) is 0 Å². The lowest BCUT2D eigenvalue weighted by Gasteiger charge is -2.38. The van der Waals surface area contributed by atoms with Crippen LogP contribution in [0.3, 0.4) is 0 Å². The summed E-state index contributed by atoms with van der Waals surface area (Å²) >= 11 is 12.2. The lowest BCUT2D eigenvalue weighted by molar-refractivity contribution is 0.0520. The Kier molecular flexibility index (Phi) is 7.76. The first-order chi connectivity index (χ1) is 15.3. The molecule has 1 aliphatic rings. The predicted octanol–water partition coefficient (Wildman–Crippen LogP) is 3.04. The molecule has 1 saturated heterocycles. The van der Waals surface area contributed by atoms with Crippen LogP contribution in [0.5, 0.6) is 0 Å². The van der Waals surface area contributed by atoms with Gasteiger partial charge in [-0.05, 0) is 26.3 Å². The highest BCUT2D eigenvalue weighted by molar-refractivity contribution is 6.44. The van der Waals surface area contributed by atoms with Gasteiger partial charge in [-0.25, -0.2) is 9.78 Å². The molecule has 172 valence electrons. The lowest BCUT2D eigenvalue weighted by atomic mass is 10.0. The third-order valence-electron chi connectivity index (χ3n) is 5.33. The maximum atomic E-state index is 12.7. The van der Waals surface area contributed by atoms with Crippen molar-refractivity contribution in [2.24, 2.45) is 0 Å². The van der Waals surface area contributed by atoms with Crippen molar-refractivity contribution in [3.8, 4) is 0 Å². The number of hydrogen-bond donors (Lipinski definition) is 2. The molecule has 3 heterocycles. The number of aromatic amines is 1. The second-order valence-electron chi connectivity index (χ2n) is 7.31. The summed E-state index contributed by atoms with van der Waals surface area (Å²) in [7, 11) is 1.56. The third-order valence-corrected chi connectivity index (χ3v) is 6.27. The minimum Gasteiger partial charge on any atom is -0.462 e. The van der Waals surface area contributed by atoms with Gasteiger partial charge in [-0.15, -0.1) is 0 Å². The normalized spacial score (nSPS) is 18.3. The summed E-state index contributed by atoms with van der Waals surface area (Å²) < 4.78 is 10.6. The number of esters is 1. The molecular weight excluding hydrogens is 459 g/mol. The highest BCUT2D eigenvalue weighted by Crippen LogP contribution is 2.29. The SMILES string of the molecule is CCOC(=O)c1cc(N2CC[C@H](NC(=O)c3[nH]c(C)c(Cl)c3Cl)[C@H](OC)C2)ncc1C=O. The van der Waals surface area contributed by atoms with Crippen molar-refractivity contribution in [3.63, 3.8) is 0 Å². The molecule has 0 aromatic carbocycles. The summed E-state index contributed by atoms with van der Waals surface area (Å²) in [6.45, 7) is 4.57. The molecule has 0 aliphatic carbocycles. The van der Waals surface area contributed by atoms with Crippen molar-refractivity contribution < 1.29 is 23.9 Å². The van der Waals surface area contributed by atoms with Crippen LogP contribution in [0.4, 0.5) is 5.82 Å². The quantitative estimate of drug-likeness (QED) is 0.460. The molecule has 1 aliphatic heterocycles. The van der Waals surface area contributed by atoms with E-state index in [0.717, 1.165) is 0 Å². The topological polar surface area (TPSA) is 114 Å². The molecular formula is C21H24Cl2N4O5. The number of carbonyl (C=O) groups is 3. The molecule has 0 saturated carbocycles. The number of ether oxygens (including phenoxy) is 2. The Morgan fingerprint density at radius 1 is 1.38 bits per heavy atom. The Morgan fingerprint density at radius 2 is 2.12 bits per heavy atom. The zero-order valence-corrected chi connectivity index (χ0v) is 19.4. The van der Waals surface area contributed by atoms with Crippen molar-refractivity contribution in [1.82, 2.24) is 15.3 Å². The molecule has 3 rings (SSSR count). The molecule has 1 fully saturated rings. The summed E-state index contributed by atoms with van der Waals surface area (Å²) in [4.78, 5) is 45.4. The Hall–Kier alpha value is -2.62. The van der Waals surface area contributed by atoms with E-state index in [-0.39, 0.29) is 46.5 Å². The van der Waals surface area contributed by atoms with Crippen LogP contribution in [0, 0.1) is 6.92 Å². The van der Waals surface area contributed by atoms with Crippen molar-refractivity contribution in [3.05, 3.63) is 44.8 Å². The molecule has 32 heavy (non-hydrogen) atoms. The number of piperidine rings is 1. The van der Waals surface area contributed by atoms with E-state index in [1.807, 2.05) is 4.90 Å². The first kappa shape index (κ1) is 24.0. The van der Waals surface area contributed by atoms with E-state index >= 15 is 0 Å². The summed E-state index contributed by atoms with van der Waals surface area (Å²) in [5.74, 6) is -0.440. The maximum absolute atomic E-state index is 12.7. The van der Waals surface area contributed by atoms with Gasteiger partial charge in [0.15, 0.2) is 6.29 Å². The number of hydrogen-bond acceptors (Lipinski definition) is 7. The van der Waals surface area contributed by atoms with Gasteiger partial charge in [0, 0.05) is 37.7 Å². The van der Waals surface area contributed by atoms with E-state index in [1.165, 1.54) is 12.3 Å². The predicted molar refractivity (Wildman–Crippen MR) is 120 cm³/mol. The molecule has 9 nitrogen and oxygen atoms in total. The number of nitrogens with one attached hydrogen (secondary N) is 2. The zero-order chi connectivity index (χ0) is 23.4. The second kappa shape index (κ2) is 10.3. The molecule has 0 unspecified atom stereocenters. The molecule has 0 radical (unpaired) electrons. The first-order valence-corrected chi connectivity index (χ1v) is 10.8. The number of pyridine rings is 1. The highest BCUT2D eigenvalue weighted by Gasteiger charge is 2.32. The number of aldehydes is 1. The number of aryl methyl sites for hydroxylation is 1. The monoisotopic (exact) mass is 482 g/mol. The average Bonchev–Trinajstić information content (AvgIpc) is 3.06. The molecule has 11 heteroatoms. The minimum absolute atomic E-state index is 0.157. The maximum Gasteiger partial charge on any atom is 0.339 e. The number of anilines is 1. The Morgan fingerprint density at radius 3 is 2.72 bits per heavy atom. The van der Waals surface area contributed by atoms with E-state index in [1.54, 1.807) is 21.0 Å². The van der Waals surface area contributed by atoms with E-state index in [4.69, 9.17) is 32.7 Å². The van der Waals surface area contributed by atoms with Gasteiger partial charge in [-0.1, -0.05) is 23.2 Å². The fraction of sp³-hybridized carbons (Fsp3) is 0.429. The Bertz CT molecular complexity index is 1030. The number of H-pyrrole nitrogens is 1. The van der Waals surface area contributed by atoms with Gasteiger partial charge in [0.1, 0.15) is 11.5 Å². The zero-order valence-electron chi connectivity index (χ0n) is 17.9. The average molecular weight is 483 g/mol. The Labute approximate surface area is 195 Å². The summed E-state index contributed by atoms with van der Waals surface area (Å²) in [5.41, 5.74) is 1.14. The number of rotatable bonds is 7. The van der Waals surface area contributed by atoms with E-state index in [0.29, 0.717) is 42.3 Å². The number of aromatic nitrogens is 2. The van der Waals surface area contributed by atoms with E-state index in [9.17, 15) is 14.4 Å². The molecule has 2 aromatic rings. The van der Waals surface area contributed by atoms with Gasteiger partial charge >= 0.3 is 5.97 Å². The van der Waals surface area contributed by atoms with Crippen LogP contribution >= 0.6 is 23.2 Å². The molecule has 1 amide bonds. The van der Waals surface area contributed by atoms with Crippen LogP contribution in [0.25, 0.3) is 0 Å². The second-order valence-corrected chi connectivity index (χ2v) is 8.07. The molecule has 0 spiro atoms. The molecule has 0 bridgehead atoms. The Balaban J connectivity index is 1.75. The van der Waals surface area contributed by atoms with E-state index < -0.39 is 5.97 Å². The highest BCUT2D eigenvalue weighted by atomic mass is 35.5. The first-order valence-electron chi connectivity index (χ1n) is 10.0. The fourth-order valence-electron chi connectivity index (χ4n) is 3.60. The van der Waals surface area contributed by atoms with Crippen molar-refractivity contribution in [2.45, 2.75) is 32.4 Å². The number of nitrogens with zero attached hydrogens (tertiary/aromatic N) is 2. The number of amides is 1. The van der Waals surface area contributed by atoms with Crippen LogP contribution in [-0.4, -0.2) is 67.1 Å². The van der Waals surface area contributed by atoms with Gasteiger partial charge in [0.25, 0.3) is 5.91 Å². The molecule has 2 N–H and O–H groups in total. The van der Waals surface area contributed by atoms with Crippen LogP contribution in [0.15, 0.2) is 12.3 Å². The number of carbonyl (C=O) groups excluding carboxylic acids is 3. The third kappa shape index (κ3) is 4.90. The largest absolute Gasteiger partial charge is 0.462 e. The van der Waals surface area contributed by atoms with Gasteiger partial charge in [-0.2, -0.15) is 0 Å². The van der Waals surface area contributed by atoms with Crippen LogP contribution < -0.4 is 10.2 Å². The number of halogens is 2. The van der Waals surface area contributed by atoms with Gasteiger partial charge in [-0.3, -0.25) is 9.59 Å².